The highest BCUT2D eigenvalue weighted by Gasteiger charge is 2.25. The third kappa shape index (κ3) is 2.61. The fraction of sp³-hybridized carbons (Fsp3) is 0.167. The number of Topliss-reactive ketones (excluding diaryl/α,β-unsaturated/α-hetero) is 1. The van der Waals surface area contributed by atoms with Gasteiger partial charge in [0.15, 0.2) is 6.10 Å². The summed E-state index contributed by atoms with van der Waals surface area (Å²) in [7, 11) is 0. The van der Waals surface area contributed by atoms with Crippen molar-refractivity contribution in [1.82, 2.24) is 24.6 Å². The zero-order valence-electron chi connectivity index (χ0n) is 14.1. The van der Waals surface area contributed by atoms with Gasteiger partial charge in [0.2, 0.25) is 5.78 Å². The molecule has 0 saturated heterocycles. The van der Waals surface area contributed by atoms with Crippen LogP contribution in [0.4, 0.5) is 0 Å². The minimum Gasteiger partial charge on any atom is -0.448 e. The van der Waals surface area contributed by atoms with Crippen LogP contribution in [-0.4, -0.2) is 42.4 Å². The van der Waals surface area contributed by atoms with Gasteiger partial charge in [0.1, 0.15) is 0 Å². The van der Waals surface area contributed by atoms with Gasteiger partial charge in [-0.05, 0) is 26.0 Å². The van der Waals surface area contributed by atoms with Gasteiger partial charge in [-0.1, -0.05) is 18.2 Å². The Hall–Kier alpha value is -3.55. The molecule has 0 aliphatic heterocycles. The van der Waals surface area contributed by atoms with Gasteiger partial charge < -0.3 is 9.72 Å². The second-order valence-corrected chi connectivity index (χ2v) is 5.89. The number of H-pyrrole nitrogens is 1. The van der Waals surface area contributed by atoms with Crippen LogP contribution in [-0.2, 0) is 4.74 Å². The summed E-state index contributed by atoms with van der Waals surface area (Å²) >= 11 is 0. The van der Waals surface area contributed by atoms with E-state index in [1.54, 1.807) is 18.5 Å². The molecule has 0 radical (unpaired) electrons. The normalized spacial score (nSPS) is 12.4. The molecule has 4 rings (SSSR count). The predicted molar refractivity (Wildman–Crippen MR) is 93.0 cm³/mol. The molecule has 0 fully saturated rings. The first-order valence-corrected chi connectivity index (χ1v) is 8.04. The van der Waals surface area contributed by atoms with Crippen LogP contribution in [0, 0.1) is 6.92 Å². The molecule has 0 saturated carbocycles. The topological polar surface area (TPSA) is 102 Å². The molecule has 0 bridgehead atoms. The summed E-state index contributed by atoms with van der Waals surface area (Å²) < 4.78 is 6.72. The molecule has 4 aromatic rings. The summed E-state index contributed by atoms with van der Waals surface area (Å²) in [5.41, 5.74) is 2.10. The standard InChI is InChI=1S/C18H15N5O3/c1-10-7-8-19-18-21-16(22-23(10)18)17(25)26-11(2)15(24)13-9-20-14-6-4-3-5-12(13)14/h3-9,11,20H,1-2H3. The lowest BCUT2D eigenvalue weighted by atomic mass is 10.1. The van der Waals surface area contributed by atoms with Gasteiger partial charge in [0.25, 0.3) is 11.6 Å². The van der Waals surface area contributed by atoms with E-state index in [1.807, 2.05) is 31.2 Å². The molecule has 8 heteroatoms. The van der Waals surface area contributed by atoms with E-state index in [9.17, 15) is 9.59 Å². The van der Waals surface area contributed by atoms with Crippen LogP contribution in [0.2, 0.25) is 0 Å². The molecule has 0 aliphatic rings. The summed E-state index contributed by atoms with van der Waals surface area (Å²) in [6, 6.07) is 9.19. The minimum atomic E-state index is -0.970. The Morgan fingerprint density at radius 1 is 1.23 bits per heavy atom. The Bertz CT molecular complexity index is 1140. The predicted octanol–water partition coefficient (Wildman–Crippen LogP) is 2.34. The Balaban J connectivity index is 1.56. The number of hydrogen-bond acceptors (Lipinski definition) is 6. The van der Waals surface area contributed by atoms with E-state index >= 15 is 0 Å². The van der Waals surface area contributed by atoms with E-state index in [-0.39, 0.29) is 11.6 Å². The van der Waals surface area contributed by atoms with Crippen molar-refractivity contribution in [1.29, 1.82) is 0 Å². The van der Waals surface area contributed by atoms with Gasteiger partial charge in [-0.2, -0.15) is 4.98 Å². The molecule has 1 atom stereocenters. The maximum Gasteiger partial charge on any atom is 0.379 e. The van der Waals surface area contributed by atoms with E-state index in [1.165, 1.54) is 11.4 Å². The van der Waals surface area contributed by atoms with Crippen molar-refractivity contribution in [2.75, 3.05) is 0 Å². The summed E-state index contributed by atoms with van der Waals surface area (Å²) in [5.74, 6) is -0.901. The monoisotopic (exact) mass is 349 g/mol. The van der Waals surface area contributed by atoms with Crippen LogP contribution < -0.4 is 0 Å². The highest BCUT2D eigenvalue weighted by molar-refractivity contribution is 6.10. The number of carbonyl (C=O) groups excluding carboxylic acids is 2. The number of benzene rings is 1. The van der Waals surface area contributed by atoms with Crippen molar-refractivity contribution in [3.8, 4) is 0 Å². The number of carbonyl (C=O) groups is 2. The first-order valence-electron chi connectivity index (χ1n) is 8.04. The molecule has 130 valence electrons. The molecule has 0 spiro atoms. The first-order chi connectivity index (χ1) is 12.5. The highest BCUT2D eigenvalue weighted by Crippen LogP contribution is 2.20. The lowest BCUT2D eigenvalue weighted by Gasteiger charge is -2.10. The van der Waals surface area contributed by atoms with E-state index in [0.717, 1.165) is 16.6 Å². The van der Waals surface area contributed by atoms with Gasteiger partial charge in [-0.3, -0.25) is 4.79 Å². The molecular weight excluding hydrogens is 334 g/mol. The maximum atomic E-state index is 12.7. The molecule has 3 aromatic heterocycles. The maximum absolute atomic E-state index is 12.7. The van der Waals surface area contributed by atoms with Crippen molar-refractivity contribution in [3.63, 3.8) is 0 Å². The number of nitrogens with zero attached hydrogens (tertiary/aromatic N) is 4. The molecule has 0 amide bonds. The van der Waals surface area contributed by atoms with Gasteiger partial charge in [0, 0.05) is 34.6 Å². The number of rotatable bonds is 4. The zero-order valence-corrected chi connectivity index (χ0v) is 14.1. The number of aromatic nitrogens is 5. The van der Waals surface area contributed by atoms with E-state index in [0.29, 0.717) is 11.3 Å². The number of esters is 1. The largest absolute Gasteiger partial charge is 0.448 e. The van der Waals surface area contributed by atoms with E-state index < -0.39 is 12.1 Å². The molecule has 8 nitrogen and oxygen atoms in total. The number of fused-ring (bicyclic) bond motifs is 2. The summed E-state index contributed by atoms with van der Waals surface area (Å²) in [6.45, 7) is 3.35. The number of para-hydroxylation sites is 1. The highest BCUT2D eigenvalue weighted by atomic mass is 16.5. The van der Waals surface area contributed by atoms with Gasteiger partial charge in [0.05, 0.1) is 0 Å². The minimum absolute atomic E-state index is 0.134. The van der Waals surface area contributed by atoms with Crippen LogP contribution in [0.1, 0.15) is 33.6 Å². The SMILES string of the molecule is Cc1ccnc2nc(C(=O)OC(C)C(=O)c3c[nH]c4ccccc34)nn12. The number of aryl methyl sites for hydroxylation is 1. The lowest BCUT2D eigenvalue weighted by molar-refractivity contribution is 0.0308. The van der Waals surface area contributed by atoms with Crippen LogP contribution in [0.15, 0.2) is 42.7 Å². The van der Waals surface area contributed by atoms with Crippen molar-refractivity contribution in [2.24, 2.45) is 0 Å². The molecule has 0 aliphatic carbocycles. The summed E-state index contributed by atoms with van der Waals surface area (Å²) in [5, 5.41) is 4.87. The van der Waals surface area contributed by atoms with Crippen molar-refractivity contribution in [3.05, 3.63) is 59.8 Å². The van der Waals surface area contributed by atoms with Crippen LogP contribution >= 0.6 is 0 Å². The fourth-order valence-corrected chi connectivity index (χ4v) is 2.75. The van der Waals surface area contributed by atoms with Crippen LogP contribution in [0.3, 0.4) is 0 Å². The average Bonchev–Trinajstić information content (AvgIpc) is 3.26. The van der Waals surface area contributed by atoms with Gasteiger partial charge in [-0.15, -0.1) is 5.10 Å². The summed E-state index contributed by atoms with van der Waals surface area (Å²) in [6.07, 6.45) is 2.23. The second-order valence-electron chi connectivity index (χ2n) is 5.89. The number of hydrogen-bond donors (Lipinski definition) is 1. The molecule has 1 unspecified atom stereocenters. The smallest absolute Gasteiger partial charge is 0.379 e. The Morgan fingerprint density at radius 2 is 2.04 bits per heavy atom. The lowest BCUT2D eigenvalue weighted by Crippen LogP contribution is -2.25. The summed E-state index contributed by atoms with van der Waals surface area (Å²) in [4.78, 5) is 36.1. The molecule has 1 N–H and O–H groups in total. The van der Waals surface area contributed by atoms with Crippen molar-refractivity contribution < 1.29 is 14.3 Å². The van der Waals surface area contributed by atoms with Gasteiger partial charge >= 0.3 is 5.97 Å². The molecular formula is C18H15N5O3. The fourth-order valence-electron chi connectivity index (χ4n) is 2.75. The number of nitrogens with one attached hydrogen (secondary N) is 1. The van der Waals surface area contributed by atoms with E-state index in [4.69, 9.17) is 4.74 Å². The van der Waals surface area contributed by atoms with Crippen LogP contribution in [0.25, 0.3) is 16.7 Å². The Morgan fingerprint density at radius 3 is 2.85 bits per heavy atom. The van der Waals surface area contributed by atoms with Gasteiger partial charge in [-0.25, -0.2) is 14.3 Å². The second kappa shape index (κ2) is 6.07. The molecule has 26 heavy (non-hydrogen) atoms. The third-order valence-corrected chi connectivity index (χ3v) is 4.12. The van der Waals surface area contributed by atoms with E-state index in [2.05, 4.69) is 20.1 Å². The third-order valence-electron chi connectivity index (χ3n) is 4.12. The Kier molecular flexibility index (Phi) is 3.72. The molecule has 3 heterocycles. The quantitative estimate of drug-likeness (QED) is 0.448. The first kappa shape index (κ1) is 15.9. The van der Waals surface area contributed by atoms with Crippen LogP contribution in [0.5, 0.6) is 0 Å². The van der Waals surface area contributed by atoms with Crippen molar-refractivity contribution in [2.45, 2.75) is 20.0 Å². The average molecular weight is 349 g/mol. The number of ketones is 1. The zero-order chi connectivity index (χ0) is 18.3. The number of aromatic amines is 1. The number of ether oxygens (including phenoxy) is 1. The molecule has 1 aromatic carbocycles. The van der Waals surface area contributed by atoms with Crippen molar-refractivity contribution >= 4 is 28.4 Å². The Labute approximate surface area is 147 Å².